The van der Waals surface area contributed by atoms with Crippen LogP contribution in [0.25, 0.3) is 11.1 Å². The van der Waals surface area contributed by atoms with E-state index in [1.807, 2.05) is 0 Å². The van der Waals surface area contributed by atoms with E-state index in [-0.39, 0.29) is 11.3 Å². The van der Waals surface area contributed by atoms with E-state index in [0.717, 1.165) is 32.5 Å². The Morgan fingerprint density at radius 3 is 1.89 bits per heavy atom. The van der Waals surface area contributed by atoms with E-state index in [1.54, 1.807) is 0 Å². The molecular weight excluding hydrogens is 428 g/mol. The van der Waals surface area contributed by atoms with E-state index >= 15 is 0 Å². The van der Waals surface area contributed by atoms with Crippen molar-refractivity contribution in [3.8, 4) is 11.1 Å². The van der Waals surface area contributed by atoms with Gasteiger partial charge in [-0.25, -0.2) is 0 Å². The lowest BCUT2D eigenvalue weighted by atomic mass is 9.72. The first-order chi connectivity index (χ1) is 17.2. The normalized spacial score (nSPS) is 20.3. The number of hydrogen-bond acceptors (Lipinski definition) is 3. The Morgan fingerprint density at radius 2 is 1.26 bits per heavy atom. The second-order valence-corrected chi connectivity index (χ2v) is 10.8. The standard InChI is InChI=1S/C32H36N2O/c35-30(31-28-15-7-5-13-26(28)27-14-6-8-16-29(27)31)23-33-21-17-32(18-22-33,25-11-3-1-4-12-25)24-34-19-9-2-10-20-34/h1,3-8,11-16,31H,2,9-10,17-24H2. The van der Waals surface area contributed by atoms with Crippen LogP contribution in [0.15, 0.2) is 78.9 Å². The summed E-state index contributed by atoms with van der Waals surface area (Å²) >= 11 is 0. The molecule has 180 valence electrons. The van der Waals surface area contributed by atoms with Crippen LogP contribution in [0.5, 0.6) is 0 Å². The van der Waals surface area contributed by atoms with Gasteiger partial charge >= 0.3 is 0 Å². The van der Waals surface area contributed by atoms with Gasteiger partial charge in [-0.2, -0.15) is 0 Å². The van der Waals surface area contributed by atoms with Gasteiger partial charge in [-0.05, 0) is 79.7 Å². The summed E-state index contributed by atoms with van der Waals surface area (Å²) in [6.07, 6.45) is 6.28. The first kappa shape index (κ1) is 22.7. The van der Waals surface area contributed by atoms with Gasteiger partial charge in [0.05, 0.1) is 12.5 Å². The highest BCUT2D eigenvalue weighted by Gasteiger charge is 2.39. The highest BCUT2D eigenvalue weighted by molar-refractivity contribution is 5.98. The van der Waals surface area contributed by atoms with Crippen molar-refractivity contribution in [2.24, 2.45) is 0 Å². The maximum Gasteiger partial charge on any atom is 0.158 e. The van der Waals surface area contributed by atoms with Crippen LogP contribution in [-0.4, -0.2) is 54.9 Å². The largest absolute Gasteiger partial charge is 0.302 e. The van der Waals surface area contributed by atoms with Gasteiger partial charge in [0, 0.05) is 12.0 Å². The molecule has 0 aromatic heterocycles. The number of carbonyl (C=O) groups is 1. The number of benzene rings is 3. The van der Waals surface area contributed by atoms with Crippen molar-refractivity contribution in [3.63, 3.8) is 0 Å². The van der Waals surface area contributed by atoms with Gasteiger partial charge in [-0.3, -0.25) is 9.69 Å². The average Bonchev–Trinajstić information content (AvgIpc) is 3.26. The molecule has 3 heteroatoms. The lowest BCUT2D eigenvalue weighted by molar-refractivity contribution is -0.121. The summed E-state index contributed by atoms with van der Waals surface area (Å²) in [5.41, 5.74) is 6.49. The molecule has 1 aliphatic carbocycles. The molecule has 0 N–H and O–H groups in total. The number of rotatable bonds is 6. The SMILES string of the molecule is O=C(CN1CCC(CN2CCCCC2)(c2ccccc2)CC1)C1c2ccccc2-c2ccccc21. The highest BCUT2D eigenvalue weighted by atomic mass is 16.1. The molecule has 35 heavy (non-hydrogen) atoms. The first-order valence-corrected chi connectivity index (χ1v) is 13.4. The molecule has 6 rings (SSSR count). The monoisotopic (exact) mass is 464 g/mol. The molecule has 0 radical (unpaired) electrons. The number of likely N-dealkylation sites (tertiary alicyclic amines) is 2. The number of fused-ring (bicyclic) bond motifs is 3. The number of piperidine rings is 2. The molecule has 0 saturated carbocycles. The Kier molecular flexibility index (Phi) is 6.30. The molecule has 0 bridgehead atoms. The zero-order valence-electron chi connectivity index (χ0n) is 20.7. The summed E-state index contributed by atoms with van der Waals surface area (Å²) in [5, 5.41) is 0. The van der Waals surface area contributed by atoms with Gasteiger partial charge in [0.25, 0.3) is 0 Å². The zero-order chi connectivity index (χ0) is 23.7. The lowest BCUT2D eigenvalue weighted by Gasteiger charge is -2.45. The molecule has 0 spiro atoms. The van der Waals surface area contributed by atoms with E-state index in [9.17, 15) is 4.79 Å². The van der Waals surface area contributed by atoms with Crippen LogP contribution in [0, 0.1) is 0 Å². The topological polar surface area (TPSA) is 23.6 Å². The second kappa shape index (κ2) is 9.72. The van der Waals surface area contributed by atoms with Crippen LogP contribution in [0.3, 0.4) is 0 Å². The minimum atomic E-state index is -0.128. The smallest absolute Gasteiger partial charge is 0.158 e. The third-order valence-corrected chi connectivity index (χ3v) is 8.71. The van der Waals surface area contributed by atoms with Crippen molar-refractivity contribution in [2.75, 3.05) is 39.3 Å². The molecule has 3 aromatic rings. The molecule has 3 aliphatic rings. The lowest BCUT2D eigenvalue weighted by Crippen LogP contribution is -2.51. The van der Waals surface area contributed by atoms with Crippen molar-refractivity contribution in [3.05, 3.63) is 95.6 Å². The van der Waals surface area contributed by atoms with Crippen LogP contribution in [0.2, 0.25) is 0 Å². The Hall–Kier alpha value is -2.75. The molecule has 0 amide bonds. The van der Waals surface area contributed by atoms with Crippen molar-refractivity contribution in [2.45, 2.75) is 43.4 Å². The maximum absolute atomic E-state index is 13.7. The Bertz CT molecular complexity index is 1130. The highest BCUT2D eigenvalue weighted by Crippen LogP contribution is 2.45. The van der Waals surface area contributed by atoms with Crippen LogP contribution in [-0.2, 0) is 10.2 Å². The summed E-state index contributed by atoms with van der Waals surface area (Å²) in [4.78, 5) is 18.9. The number of carbonyl (C=O) groups excluding carboxylic acids is 1. The molecule has 3 nitrogen and oxygen atoms in total. The minimum Gasteiger partial charge on any atom is -0.302 e. The first-order valence-electron chi connectivity index (χ1n) is 13.4. The molecular formula is C32H36N2O. The fourth-order valence-electron chi connectivity index (χ4n) is 6.83. The third kappa shape index (κ3) is 4.37. The van der Waals surface area contributed by atoms with Crippen molar-refractivity contribution in [1.82, 2.24) is 9.80 Å². The van der Waals surface area contributed by atoms with E-state index in [4.69, 9.17) is 0 Å². The van der Waals surface area contributed by atoms with E-state index < -0.39 is 0 Å². The van der Waals surface area contributed by atoms with Gasteiger partial charge in [-0.15, -0.1) is 0 Å². The fourth-order valence-corrected chi connectivity index (χ4v) is 6.83. The van der Waals surface area contributed by atoms with Crippen molar-refractivity contribution in [1.29, 1.82) is 0 Å². The summed E-state index contributed by atoms with van der Waals surface area (Å²) < 4.78 is 0. The van der Waals surface area contributed by atoms with Gasteiger partial charge in [-0.1, -0.05) is 85.3 Å². The summed E-state index contributed by atoms with van der Waals surface area (Å²) in [7, 11) is 0. The van der Waals surface area contributed by atoms with Gasteiger partial charge in [0.15, 0.2) is 5.78 Å². The Balaban J connectivity index is 1.18. The molecule has 2 fully saturated rings. The average molecular weight is 465 g/mol. The van der Waals surface area contributed by atoms with E-state index in [1.165, 1.54) is 60.2 Å². The van der Waals surface area contributed by atoms with Gasteiger partial charge in [0.2, 0.25) is 0 Å². The second-order valence-electron chi connectivity index (χ2n) is 10.8. The maximum atomic E-state index is 13.7. The third-order valence-electron chi connectivity index (χ3n) is 8.71. The van der Waals surface area contributed by atoms with Crippen LogP contribution in [0.1, 0.15) is 54.7 Å². The molecule has 3 aromatic carbocycles. The minimum absolute atomic E-state index is 0.128. The number of hydrogen-bond donors (Lipinski definition) is 0. The molecule has 0 unspecified atom stereocenters. The number of nitrogens with zero attached hydrogens (tertiary/aromatic N) is 2. The van der Waals surface area contributed by atoms with Crippen LogP contribution in [0.4, 0.5) is 0 Å². The molecule has 2 aliphatic heterocycles. The van der Waals surface area contributed by atoms with Crippen LogP contribution >= 0.6 is 0 Å². The predicted molar refractivity (Wildman–Crippen MR) is 143 cm³/mol. The summed E-state index contributed by atoms with van der Waals surface area (Å²) in [6.45, 7) is 6.15. The van der Waals surface area contributed by atoms with Crippen molar-refractivity contribution < 1.29 is 4.79 Å². The summed E-state index contributed by atoms with van der Waals surface area (Å²) in [5.74, 6) is 0.210. The van der Waals surface area contributed by atoms with Gasteiger partial charge < -0.3 is 4.90 Å². The molecule has 2 saturated heterocycles. The van der Waals surface area contributed by atoms with E-state index in [2.05, 4.69) is 88.7 Å². The molecule has 2 heterocycles. The van der Waals surface area contributed by atoms with Crippen LogP contribution < -0.4 is 0 Å². The Labute approximate surface area is 209 Å². The van der Waals surface area contributed by atoms with Gasteiger partial charge in [0.1, 0.15) is 0 Å². The van der Waals surface area contributed by atoms with Crippen molar-refractivity contribution >= 4 is 5.78 Å². The summed E-state index contributed by atoms with van der Waals surface area (Å²) in [6, 6.07) is 28.1. The Morgan fingerprint density at radius 1 is 0.686 bits per heavy atom. The molecule has 0 atom stereocenters. The van der Waals surface area contributed by atoms with E-state index in [0.29, 0.717) is 12.3 Å². The fraction of sp³-hybridized carbons (Fsp3) is 0.406. The number of Topliss-reactive ketones (excluding diaryl/α,β-unsaturated/α-hetero) is 1. The number of ketones is 1. The quantitative estimate of drug-likeness (QED) is 0.455. The predicted octanol–water partition coefficient (Wildman–Crippen LogP) is 5.89. The zero-order valence-corrected chi connectivity index (χ0v) is 20.7.